The molecule has 1 saturated heterocycles. The average Bonchev–Trinajstić information content (AvgIpc) is 2.14. The van der Waals surface area contributed by atoms with Gasteiger partial charge in [0, 0.05) is 0 Å². The molecule has 1 heterocycles. The normalized spacial score (nSPS) is 22.3. The number of benzene rings is 1. The summed E-state index contributed by atoms with van der Waals surface area (Å²) >= 11 is 0. The van der Waals surface area contributed by atoms with Crippen LogP contribution in [0.1, 0.15) is 5.56 Å². The van der Waals surface area contributed by atoms with Crippen molar-refractivity contribution < 1.29 is 8.42 Å². The van der Waals surface area contributed by atoms with E-state index < -0.39 is 9.84 Å². The van der Waals surface area contributed by atoms with Crippen molar-refractivity contribution in [3.63, 3.8) is 0 Å². The fraction of sp³-hybridized carbons (Fsp3) is 0.455. The SMILES string of the molecule is CN(C)C1(c2ccccc2)CS(=O)(=O)C1. The second-order valence-corrected chi connectivity index (χ2v) is 6.39. The minimum atomic E-state index is -2.82. The molecule has 1 aromatic carbocycles. The molecule has 3 nitrogen and oxygen atoms in total. The molecule has 2 rings (SSSR count). The van der Waals surface area contributed by atoms with Crippen molar-refractivity contribution in [3.8, 4) is 0 Å². The van der Waals surface area contributed by atoms with Gasteiger partial charge in [0.1, 0.15) is 0 Å². The Labute approximate surface area is 90.6 Å². The molecular formula is C11H15NO2S. The topological polar surface area (TPSA) is 37.4 Å². The standard InChI is InChI=1S/C11H15NO2S/c1-12(2)11(8-15(13,14)9-11)10-6-4-3-5-7-10/h3-7H,8-9H2,1-2H3. The molecule has 82 valence electrons. The predicted octanol–water partition coefficient (Wildman–Crippen LogP) is 0.872. The number of nitrogens with zero attached hydrogens (tertiary/aromatic N) is 1. The summed E-state index contributed by atoms with van der Waals surface area (Å²) in [6.45, 7) is 0. The van der Waals surface area contributed by atoms with Crippen LogP contribution >= 0.6 is 0 Å². The van der Waals surface area contributed by atoms with Gasteiger partial charge in [0.15, 0.2) is 9.84 Å². The van der Waals surface area contributed by atoms with Crippen molar-refractivity contribution in [3.05, 3.63) is 35.9 Å². The molecule has 4 heteroatoms. The molecule has 0 radical (unpaired) electrons. The number of hydrogen-bond acceptors (Lipinski definition) is 3. The van der Waals surface area contributed by atoms with Crippen molar-refractivity contribution in [1.82, 2.24) is 4.90 Å². The van der Waals surface area contributed by atoms with Gasteiger partial charge in [0.25, 0.3) is 0 Å². The number of rotatable bonds is 2. The van der Waals surface area contributed by atoms with E-state index in [1.165, 1.54) is 0 Å². The Bertz CT molecular complexity index is 439. The maximum absolute atomic E-state index is 11.4. The Morgan fingerprint density at radius 3 is 2.07 bits per heavy atom. The van der Waals surface area contributed by atoms with Crippen molar-refractivity contribution in [2.24, 2.45) is 0 Å². The Morgan fingerprint density at radius 1 is 1.13 bits per heavy atom. The fourth-order valence-corrected chi connectivity index (χ4v) is 4.34. The zero-order valence-corrected chi connectivity index (χ0v) is 9.79. The van der Waals surface area contributed by atoms with E-state index in [0.29, 0.717) is 0 Å². The molecule has 0 saturated carbocycles. The van der Waals surface area contributed by atoms with Crippen molar-refractivity contribution in [2.75, 3.05) is 25.6 Å². The van der Waals surface area contributed by atoms with E-state index in [1.807, 2.05) is 49.3 Å². The van der Waals surface area contributed by atoms with Gasteiger partial charge in [-0.15, -0.1) is 0 Å². The molecule has 15 heavy (non-hydrogen) atoms. The molecule has 0 aliphatic carbocycles. The molecular weight excluding hydrogens is 210 g/mol. The molecule has 0 N–H and O–H groups in total. The summed E-state index contributed by atoms with van der Waals surface area (Å²) in [5.41, 5.74) is 0.782. The first-order valence-corrected chi connectivity index (χ1v) is 6.72. The molecule has 1 aliphatic heterocycles. The van der Waals surface area contributed by atoms with Crippen molar-refractivity contribution in [2.45, 2.75) is 5.54 Å². The highest BCUT2D eigenvalue weighted by molar-refractivity contribution is 7.93. The Hall–Kier alpha value is -0.870. The van der Waals surface area contributed by atoms with Gasteiger partial charge >= 0.3 is 0 Å². The molecule has 0 bridgehead atoms. The Kier molecular flexibility index (Phi) is 2.35. The van der Waals surface area contributed by atoms with Crippen LogP contribution in [0, 0.1) is 0 Å². The molecule has 1 aromatic rings. The number of hydrogen-bond donors (Lipinski definition) is 0. The van der Waals surface area contributed by atoms with Gasteiger partial charge in [-0.1, -0.05) is 30.3 Å². The fourth-order valence-electron chi connectivity index (χ4n) is 2.12. The van der Waals surface area contributed by atoms with Gasteiger partial charge in [-0.05, 0) is 19.7 Å². The molecule has 0 amide bonds. The smallest absolute Gasteiger partial charge is 0.154 e. The minimum absolute atomic E-state index is 0.233. The third kappa shape index (κ3) is 1.68. The van der Waals surface area contributed by atoms with E-state index in [1.54, 1.807) is 0 Å². The second kappa shape index (κ2) is 3.32. The zero-order valence-electron chi connectivity index (χ0n) is 8.97. The summed E-state index contributed by atoms with van der Waals surface area (Å²) in [6, 6.07) is 9.83. The summed E-state index contributed by atoms with van der Waals surface area (Å²) in [7, 11) is 1.04. The van der Waals surface area contributed by atoms with Crippen LogP contribution < -0.4 is 0 Å². The minimum Gasteiger partial charge on any atom is -0.298 e. The summed E-state index contributed by atoms with van der Waals surface area (Å²) in [5.74, 6) is 0.466. The first-order chi connectivity index (χ1) is 6.96. The van der Waals surface area contributed by atoms with Gasteiger partial charge in [0.05, 0.1) is 17.0 Å². The van der Waals surface area contributed by atoms with Crippen molar-refractivity contribution in [1.29, 1.82) is 0 Å². The predicted molar refractivity (Wildman–Crippen MR) is 60.5 cm³/mol. The van der Waals surface area contributed by atoms with Gasteiger partial charge < -0.3 is 0 Å². The monoisotopic (exact) mass is 225 g/mol. The van der Waals surface area contributed by atoms with E-state index >= 15 is 0 Å². The lowest BCUT2D eigenvalue weighted by molar-refractivity contribution is 0.184. The van der Waals surface area contributed by atoms with Gasteiger partial charge in [0.2, 0.25) is 0 Å². The molecule has 0 spiro atoms. The van der Waals surface area contributed by atoms with Crippen LogP contribution in [0.4, 0.5) is 0 Å². The maximum Gasteiger partial charge on any atom is 0.154 e. The van der Waals surface area contributed by atoms with Crippen LogP contribution in [-0.2, 0) is 15.4 Å². The first kappa shape index (κ1) is 10.6. The van der Waals surface area contributed by atoms with Crippen LogP contribution in [0.3, 0.4) is 0 Å². The summed E-state index contributed by atoms with van der Waals surface area (Å²) < 4.78 is 22.7. The van der Waals surface area contributed by atoms with Crippen LogP contribution in [0.15, 0.2) is 30.3 Å². The van der Waals surface area contributed by atoms with Gasteiger partial charge in [-0.3, -0.25) is 4.90 Å². The van der Waals surface area contributed by atoms with Crippen LogP contribution in [0.2, 0.25) is 0 Å². The summed E-state index contributed by atoms with van der Waals surface area (Å²) in [4.78, 5) is 2.00. The molecule has 1 fully saturated rings. The van der Waals surface area contributed by atoms with E-state index in [4.69, 9.17) is 0 Å². The van der Waals surface area contributed by atoms with E-state index in [9.17, 15) is 8.42 Å². The number of sulfone groups is 1. The Morgan fingerprint density at radius 2 is 1.67 bits per heavy atom. The van der Waals surface area contributed by atoms with Crippen LogP contribution in [-0.4, -0.2) is 38.9 Å². The summed E-state index contributed by atoms with van der Waals surface area (Å²) in [6.07, 6.45) is 0. The maximum atomic E-state index is 11.4. The average molecular weight is 225 g/mol. The largest absolute Gasteiger partial charge is 0.298 e. The lowest BCUT2D eigenvalue weighted by atomic mass is 9.92. The second-order valence-electron chi connectivity index (χ2n) is 4.32. The van der Waals surface area contributed by atoms with E-state index in [0.717, 1.165) is 5.56 Å². The van der Waals surface area contributed by atoms with Crippen LogP contribution in [0.25, 0.3) is 0 Å². The lowest BCUT2D eigenvalue weighted by Crippen LogP contribution is -2.60. The highest BCUT2D eigenvalue weighted by Gasteiger charge is 2.51. The highest BCUT2D eigenvalue weighted by Crippen LogP contribution is 2.38. The molecule has 0 aromatic heterocycles. The highest BCUT2D eigenvalue weighted by atomic mass is 32.2. The third-order valence-electron chi connectivity index (χ3n) is 3.08. The quantitative estimate of drug-likeness (QED) is 0.749. The van der Waals surface area contributed by atoms with Gasteiger partial charge in [-0.25, -0.2) is 8.42 Å². The molecule has 0 unspecified atom stereocenters. The van der Waals surface area contributed by atoms with Crippen LogP contribution in [0.5, 0.6) is 0 Å². The molecule has 1 aliphatic rings. The zero-order chi connectivity index (χ0) is 11.1. The van der Waals surface area contributed by atoms with E-state index in [2.05, 4.69) is 0 Å². The van der Waals surface area contributed by atoms with Crippen molar-refractivity contribution >= 4 is 9.84 Å². The lowest BCUT2D eigenvalue weighted by Gasteiger charge is -2.46. The first-order valence-electron chi connectivity index (χ1n) is 4.90. The summed E-state index contributed by atoms with van der Waals surface area (Å²) in [5, 5.41) is 0. The Balaban J connectivity index is 2.40. The molecule has 0 atom stereocenters. The van der Waals surface area contributed by atoms with E-state index in [-0.39, 0.29) is 17.0 Å². The van der Waals surface area contributed by atoms with Gasteiger partial charge in [-0.2, -0.15) is 0 Å². The third-order valence-corrected chi connectivity index (χ3v) is 4.92.